The van der Waals surface area contributed by atoms with E-state index in [-0.39, 0.29) is 17.3 Å². The normalized spacial score (nSPS) is 56.5. The molecule has 4 aliphatic carbocycles. The summed E-state index contributed by atoms with van der Waals surface area (Å²) in [6.45, 7) is 2.15. The molecule has 0 aliphatic heterocycles. The minimum absolute atomic E-state index is 0.0773. The van der Waals surface area contributed by atoms with Crippen LogP contribution in [-0.2, 0) is 4.79 Å². The van der Waals surface area contributed by atoms with E-state index in [9.17, 15) is 15.0 Å². The van der Waals surface area contributed by atoms with Gasteiger partial charge in [0.05, 0.1) is 6.10 Å². The second-order valence-electron chi connectivity index (χ2n) is 8.52. The van der Waals surface area contributed by atoms with Crippen LogP contribution < -0.4 is 0 Å². The second kappa shape index (κ2) is 4.79. The molecule has 0 unspecified atom stereocenters. The van der Waals surface area contributed by atoms with Crippen LogP contribution in [0.25, 0.3) is 0 Å². The molecule has 2 N–H and O–H groups in total. The van der Waals surface area contributed by atoms with E-state index in [1.807, 2.05) is 0 Å². The average Bonchev–Trinajstić information content (AvgIpc) is 2.70. The van der Waals surface area contributed by atoms with Crippen molar-refractivity contribution in [2.75, 3.05) is 0 Å². The van der Waals surface area contributed by atoms with Crippen LogP contribution in [0, 0.1) is 35.0 Å². The van der Waals surface area contributed by atoms with Crippen molar-refractivity contribution in [3.8, 4) is 0 Å². The van der Waals surface area contributed by atoms with E-state index >= 15 is 0 Å². The number of carbonyl (C=O) groups excluding carboxylic acids is 1. The third-order valence-corrected chi connectivity index (χ3v) is 7.72. The Bertz CT molecular complexity index is 448. The molecule has 118 valence electrons. The van der Waals surface area contributed by atoms with Crippen molar-refractivity contribution in [1.82, 2.24) is 0 Å². The Morgan fingerprint density at radius 2 is 1.76 bits per heavy atom. The van der Waals surface area contributed by atoms with E-state index in [0.29, 0.717) is 24.2 Å². The lowest BCUT2D eigenvalue weighted by atomic mass is 9.50. The lowest BCUT2D eigenvalue weighted by Crippen LogP contribution is -2.50. The van der Waals surface area contributed by atoms with Crippen LogP contribution in [0.1, 0.15) is 58.3 Å². The number of aliphatic hydroxyl groups excluding tert-OH is 2. The van der Waals surface area contributed by atoms with Gasteiger partial charge in [0.25, 0.3) is 0 Å². The highest BCUT2D eigenvalue weighted by Crippen LogP contribution is 2.61. The number of aliphatic hydroxyl groups is 2. The first kappa shape index (κ1) is 14.2. The lowest BCUT2D eigenvalue weighted by molar-refractivity contribution is -0.129. The van der Waals surface area contributed by atoms with Crippen molar-refractivity contribution in [2.45, 2.75) is 70.5 Å². The number of Topliss-reactive ketones (excluding diaryl/α,β-unsaturated/α-hetero) is 1. The highest BCUT2D eigenvalue weighted by molar-refractivity contribution is 5.86. The summed E-state index contributed by atoms with van der Waals surface area (Å²) in [5.41, 5.74) is -0.154. The molecule has 0 aromatic carbocycles. The van der Waals surface area contributed by atoms with Gasteiger partial charge in [-0.3, -0.25) is 4.79 Å². The summed E-state index contributed by atoms with van der Waals surface area (Å²) >= 11 is 0. The molecule has 4 aliphatic rings. The van der Waals surface area contributed by atoms with Crippen molar-refractivity contribution in [1.29, 1.82) is 0 Å². The molecule has 8 atom stereocenters. The second-order valence-corrected chi connectivity index (χ2v) is 8.52. The van der Waals surface area contributed by atoms with Gasteiger partial charge in [-0.25, -0.2) is 0 Å². The third-order valence-electron chi connectivity index (χ3n) is 7.72. The van der Waals surface area contributed by atoms with E-state index in [0.717, 1.165) is 31.1 Å². The Hall–Kier alpha value is -0.410. The van der Waals surface area contributed by atoms with Gasteiger partial charge in [0.1, 0.15) is 6.10 Å². The Labute approximate surface area is 127 Å². The van der Waals surface area contributed by atoms with Gasteiger partial charge in [0.15, 0.2) is 5.78 Å². The van der Waals surface area contributed by atoms with Gasteiger partial charge in [-0.2, -0.15) is 0 Å². The van der Waals surface area contributed by atoms with E-state index in [1.165, 1.54) is 25.7 Å². The van der Waals surface area contributed by atoms with Crippen LogP contribution >= 0.6 is 0 Å². The minimum Gasteiger partial charge on any atom is -0.393 e. The number of fused-ring (bicyclic) bond motifs is 5. The maximum atomic E-state index is 12.1. The summed E-state index contributed by atoms with van der Waals surface area (Å²) in [7, 11) is 0. The summed E-state index contributed by atoms with van der Waals surface area (Å²) in [6.07, 6.45) is 7.58. The van der Waals surface area contributed by atoms with Crippen molar-refractivity contribution in [3.63, 3.8) is 0 Å². The predicted octanol–water partition coefficient (Wildman–Crippen LogP) is 2.54. The van der Waals surface area contributed by atoms with Crippen molar-refractivity contribution >= 4 is 5.78 Å². The monoisotopic (exact) mass is 292 g/mol. The Kier molecular flexibility index (Phi) is 3.24. The van der Waals surface area contributed by atoms with Crippen molar-refractivity contribution in [3.05, 3.63) is 0 Å². The molecule has 0 heterocycles. The molecule has 0 amide bonds. The quantitative estimate of drug-likeness (QED) is 0.721. The predicted molar refractivity (Wildman–Crippen MR) is 79.5 cm³/mol. The maximum Gasteiger partial charge on any atom is 0.162 e. The number of hydrogen-bond donors (Lipinski definition) is 2. The standard InChI is InChI=1S/C18H28O3/c1-18-7-6-13-12-5-3-11(19)8-10(12)2-4-14(13)15(18)9-16(20)17(18)21/h10-15,17,19,21H,2-9H2,1H3/t10-,11+,12-,13+,14+,15-,17-,18-/m1/s1. The molecular formula is C18H28O3. The van der Waals surface area contributed by atoms with Gasteiger partial charge in [-0.05, 0) is 74.5 Å². The molecule has 0 aromatic rings. The van der Waals surface area contributed by atoms with Crippen LogP contribution in [0.2, 0.25) is 0 Å². The first-order valence-corrected chi connectivity index (χ1v) is 8.89. The summed E-state index contributed by atoms with van der Waals surface area (Å²) in [5.74, 6) is 3.36. The first-order chi connectivity index (χ1) is 10.0. The third kappa shape index (κ3) is 1.96. The molecular weight excluding hydrogens is 264 g/mol. The first-order valence-electron chi connectivity index (χ1n) is 8.89. The van der Waals surface area contributed by atoms with E-state index in [2.05, 4.69) is 6.92 Å². The van der Waals surface area contributed by atoms with Crippen molar-refractivity contribution in [2.24, 2.45) is 35.0 Å². The largest absolute Gasteiger partial charge is 0.393 e. The van der Waals surface area contributed by atoms with E-state index in [1.54, 1.807) is 0 Å². The zero-order valence-electron chi connectivity index (χ0n) is 13.0. The number of ketones is 1. The molecule has 0 radical (unpaired) electrons. The zero-order chi connectivity index (χ0) is 14.8. The Morgan fingerprint density at radius 1 is 1.00 bits per heavy atom. The summed E-state index contributed by atoms with van der Waals surface area (Å²) in [4.78, 5) is 12.1. The van der Waals surface area contributed by atoms with Crippen LogP contribution in [0.15, 0.2) is 0 Å². The Balaban J connectivity index is 1.59. The average molecular weight is 292 g/mol. The van der Waals surface area contributed by atoms with E-state index < -0.39 is 6.10 Å². The highest BCUT2D eigenvalue weighted by atomic mass is 16.3. The lowest BCUT2D eigenvalue weighted by Gasteiger charge is -2.55. The fourth-order valence-corrected chi connectivity index (χ4v) is 6.60. The summed E-state index contributed by atoms with van der Waals surface area (Å²) < 4.78 is 0. The zero-order valence-corrected chi connectivity index (χ0v) is 13.0. The number of carbonyl (C=O) groups is 1. The molecule has 0 saturated heterocycles. The molecule has 4 rings (SSSR count). The molecule has 3 heteroatoms. The van der Waals surface area contributed by atoms with E-state index in [4.69, 9.17) is 0 Å². The molecule has 0 aromatic heterocycles. The van der Waals surface area contributed by atoms with Crippen LogP contribution in [0.5, 0.6) is 0 Å². The smallest absolute Gasteiger partial charge is 0.162 e. The molecule has 4 fully saturated rings. The van der Waals surface area contributed by atoms with Crippen LogP contribution in [0.4, 0.5) is 0 Å². The van der Waals surface area contributed by atoms with Crippen LogP contribution in [-0.4, -0.2) is 28.2 Å². The van der Waals surface area contributed by atoms with Gasteiger partial charge in [0.2, 0.25) is 0 Å². The van der Waals surface area contributed by atoms with Gasteiger partial charge in [-0.15, -0.1) is 0 Å². The highest BCUT2D eigenvalue weighted by Gasteiger charge is 2.59. The molecule has 3 nitrogen and oxygen atoms in total. The van der Waals surface area contributed by atoms with Crippen molar-refractivity contribution < 1.29 is 15.0 Å². The fourth-order valence-electron chi connectivity index (χ4n) is 6.60. The SMILES string of the molecule is C[C@@]12CC[C@H]3[C@@H]4CC[C@H](O)C[C@H]4CC[C@@H]3[C@H]1CC(=O)[C@H]2O. The van der Waals surface area contributed by atoms with Gasteiger partial charge < -0.3 is 10.2 Å². The topological polar surface area (TPSA) is 57.5 Å². The molecule has 4 saturated carbocycles. The summed E-state index contributed by atoms with van der Waals surface area (Å²) in [5, 5.41) is 20.3. The van der Waals surface area contributed by atoms with Gasteiger partial charge in [0, 0.05) is 11.8 Å². The fraction of sp³-hybridized carbons (Fsp3) is 0.944. The molecule has 0 bridgehead atoms. The van der Waals surface area contributed by atoms with Crippen LogP contribution in [0.3, 0.4) is 0 Å². The molecule has 21 heavy (non-hydrogen) atoms. The number of hydrogen-bond acceptors (Lipinski definition) is 3. The van der Waals surface area contributed by atoms with Gasteiger partial charge >= 0.3 is 0 Å². The minimum atomic E-state index is -0.714. The molecule has 0 spiro atoms. The maximum absolute atomic E-state index is 12.1. The Morgan fingerprint density at radius 3 is 2.57 bits per heavy atom. The summed E-state index contributed by atoms with van der Waals surface area (Å²) in [6, 6.07) is 0. The number of rotatable bonds is 0. The van der Waals surface area contributed by atoms with Gasteiger partial charge in [-0.1, -0.05) is 6.92 Å².